The fraction of sp³-hybridized carbons (Fsp3) is 0.294. The van der Waals surface area contributed by atoms with Crippen molar-refractivity contribution in [2.45, 2.75) is 20.0 Å². The zero-order chi connectivity index (χ0) is 18.8. The van der Waals surface area contributed by atoms with Crippen LogP contribution in [0.25, 0.3) is 0 Å². The molecule has 2 aliphatic heterocycles. The second kappa shape index (κ2) is 7.57. The van der Waals surface area contributed by atoms with Crippen LogP contribution >= 0.6 is 23.2 Å². The zero-order valence-corrected chi connectivity index (χ0v) is 15.9. The molecule has 26 heavy (non-hydrogen) atoms. The molecule has 7 nitrogen and oxygen atoms in total. The van der Waals surface area contributed by atoms with E-state index < -0.39 is 0 Å². The van der Waals surface area contributed by atoms with Gasteiger partial charge in [0, 0.05) is 41.7 Å². The number of aliphatic imine (C=N–C) groups is 1. The predicted octanol–water partition coefficient (Wildman–Crippen LogP) is 2.57. The van der Waals surface area contributed by atoms with Gasteiger partial charge in [0.2, 0.25) is 0 Å². The molecule has 0 aromatic heterocycles. The van der Waals surface area contributed by atoms with Gasteiger partial charge in [-0.2, -0.15) is 0 Å². The van der Waals surface area contributed by atoms with Crippen molar-refractivity contribution in [2.75, 3.05) is 13.1 Å². The van der Waals surface area contributed by atoms with E-state index >= 15 is 0 Å². The summed E-state index contributed by atoms with van der Waals surface area (Å²) >= 11 is 12.0. The molecule has 0 spiro atoms. The number of amidine groups is 1. The topological polar surface area (TPSA) is 95.8 Å². The third-order valence-electron chi connectivity index (χ3n) is 4.15. The van der Waals surface area contributed by atoms with Crippen molar-refractivity contribution < 1.29 is 5.11 Å². The first-order chi connectivity index (χ1) is 12.5. The predicted molar refractivity (Wildman–Crippen MR) is 105 cm³/mol. The molecule has 0 aliphatic carbocycles. The van der Waals surface area contributed by atoms with Gasteiger partial charge in [-0.15, -0.1) is 0 Å². The van der Waals surface area contributed by atoms with Gasteiger partial charge in [-0.1, -0.05) is 23.2 Å². The van der Waals surface area contributed by atoms with E-state index in [1.54, 1.807) is 12.1 Å². The lowest BCUT2D eigenvalue weighted by Crippen LogP contribution is -2.52. The molecule has 0 saturated heterocycles. The maximum absolute atomic E-state index is 10.1. The van der Waals surface area contributed by atoms with Crippen LogP contribution in [0, 0.1) is 5.41 Å². The maximum Gasteiger partial charge on any atom is 0.149 e. The summed E-state index contributed by atoms with van der Waals surface area (Å²) in [4.78, 5) is 6.39. The highest BCUT2D eigenvalue weighted by Crippen LogP contribution is 2.31. The van der Waals surface area contributed by atoms with Crippen LogP contribution in [-0.4, -0.2) is 41.3 Å². The lowest BCUT2D eigenvalue weighted by molar-refractivity contribution is 0.308. The molecule has 1 unspecified atom stereocenters. The highest BCUT2D eigenvalue weighted by atomic mass is 35.5. The first kappa shape index (κ1) is 18.6. The Balaban J connectivity index is 2.01. The molecular weight excluding hydrogens is 375 g/mol. The van der Waals surface area contributed by atoms with Crippen LogP contribution in [0.4, 0.5) is 0 Å². The number of aromatic hydroxyl groups is 1. The van der Waals surface area contributed by atoms with Gasteiger partial charge < -0.3 is 20.7 Å². The lowest BCUT2D eigenvalue weighted by Gasteiger charge is -2.34. The summed E-state index contributed by atoms with van der Waals surface area (Å²) in [6, 6.07) is 3.06. The number of likely N-dealkylation sites (N-methyl/N-ethyl adjacent to an activating group) is 2. The summed E-state index contributed by atoms with van der Waals surface area (Å²) in [6.45, 7) is 5.40. The fourth-order valence-corrected chi connectivity index (χ4v) is 3.47. The molecule has 3 rings (SSSR count). The van der Waals surface area contributed by atoms with E-state index in [0.717, 1.165) is 17.8 Å². The van der Waals surface area contributed by atoms with E-state index in [2.05, 4.69) is 21.2 Å². The molecule has 138 valence electrons. The van der Waals surface area contributed by atoms with Crippen LogP contribution in [0.1, 0.15) is 19.4 Å². The minimum atomic E-state index is -0.199. The number of rotatable bonds is 5. The number of hydrogen-bond acceptors (Lipinski definition) is 6. The summed E-state index contributed by atoms with van der Waals surface area (Å²) < 4.78 is 0. The first-order valence-corrected chi connectivity index (χ1v) is 9.00. The molecular formula is C17H20Cl2N6O. The lowest BCUT2D eigenvalue weighted by atomic mass is 10.0. The highest BCUT2D eigenvalue weighted by Gasteiger charge is 2.36. The maximum atomic E-state index is 10.1. The number of phenols is 1. The van der Waals surface area contributed by atoms with E-state index in [4.69, 9.17) is 28.6 Å². The van der Waals surface area contributed by atoms with Gasteiger partial charge in [0.15, 0.2) is 0 Å². The van der Waals surface area contributed by atoms with E-state index in [9.17, 15) is 5.11 Å². The van der Waals surface area contributed by atoms with E-state index in [1.807, 2.05) is 18.7 Å². The Kier molecular flexibility index (Phi) is 5.41. The summed E-state index contributed by atoms with van der Waals surface area (Å²) in [5, 5.41) is 22.2. The second-order valence-corrected chi connectivity index (χ2v) is 6.62. The van der Waals surface area contributed by atoms with Crippen molar-refractivity contribution in [1.29, 1.82) is 5.41 Å². The third-order valence-corrected chi connectivity index (χ3v) is 4.65. The van der Waals surface area contributed by atoms with Gasteiger partial charge in [0.05, 0.1) is 10.6 Å². The van der Waals surface area contributed by atoms with Crippen molar-refractivity contribution in [1.82, 2.24) is 21.1 Å². The Morgan fingerprint density at radius 1 is 1.38 bits per heavy atom. The van der Waals surface area contributed by atoms with Crippen LogP contribution in [0.5, 0.6) is 5.75 Å². The van der Waals surface area contributed by atoms with Gasteiger partial charge in [0.25, 0.3) is 0 Å². The molecule has 0 bridgehead atoms. The molecule has 1 aromatic carbocycles. The van der Waals surface area contributed by atoms with E-state index in [0.29, 0.717) is 28.8 Å². The molecule has 0 radical (unpaired) electrons. The molecule has 0 saturated carbocycles. The van der Waals surface area contributed by atoms with Gasteiger partial charge in [-0.05, 0) is 26.0 Å². The van der Waals surface area contributed by atoms with Gasteiger partial charge in [0.1, 0.15) is 23.6 Å². The Labute approximate surface area is 161 Å². The molecule has 0 amide bonds. The Morgan fingerprint density at radius 2 is 2.15 bits per heavy atom. The van der Waals surface area contributed by atoms with E-state index in [1.165, 1.54) is 12.3 Å². The number of phenolic OH excluding ortho intramolecular Hbond substituents is 1. The minimum Gasteiger partial charge on any atom is -0.506 e. The van der Waals surface area contributed by atoms with E-state index in [-0.39, 0.29) is 16.9 Å². The Morgan fingerprint density at radius 3 is 2.85 bits per heavy atom. The largest absolute Gasteiger partial charge is 0.506 e. The summed E-state index contributed by atoms with van der Waals surface area (Å²) in [7, 11) is 0. The third kappa shape index (κ3) is 3.38. The molecule has 1 atom stereocenters. The van der Waals surface area contributed by atoms with Crippen LogP contribution in [0.2, 0.25) is 10.0 Å². The summed E-state index contributed by atoms with van der Waals surface area (Å²) in [5.74, 6) is 0.954. The summed E-state index contributed by atoms with van der Waals surface area (Å²) in [5.41, 5.74) is 8.38. The number of nitrogens with zero attached hydrogens (tertiary/aromatic N) is 2. The number of halogens is 2. The Bertz CT molecular complexity index is 833. The fourth-order valence-electron chi connectivity index (χ4n) is 2.96. The monoisotopic (exact) mass is 394 g/mol. The normalized spacial score (nSPS) is 19.7. The van der Waals surface area contributed by atoms with Crippen LogP contribution < -0.4 is 16.2 Å². The van der Waals surface area contributed by atoms with Gasteiger partial charge >= 0.3 is 0 Å². The molecule has 0 fully saturated rings. The van der Waals surface area contributed by atoms with Crippen molar-refractivity contribution >= 4 is 35.3 Å². The molecule has 1 aromatic rings. The molecule has 2 aliphatic rings. The number of benzene rings is 1. The number of hydrogen-bond donors (Lipinski definition) is 5. The van der Waals surface area contributed by atoms with Crippen molar-refractivity contribution in [2.24, 2.45) is 4.99 Å². The van der Waals surface area contributed by atoms with Gasteiger partial charge in [-0.3, -0.25) is 5.41 Å². The zero-order valence-electron chi connectivity index (χ0n) is 14.4. The average molecular weight is 395 g/mol. The van der Waals surface area contributed by atoms with Crippen LogP contribution in [0.3, 0.4) is 0 Å². The SMILES string of the molecule is CCNC1=CC(=N)N(CC)C2NNC(/N=C/c3cc(Cl)cc(Cl)c3O)=C12. The second-order valence-electron chi connectivity index (χ2n) is 5.78. The minimum absolute atomic E-state index is 0.0732. The molecule has 9 heteroatoms. The standard InChI is InChI=1S/C17H20Cl2N6O/c1-3-21-12-7-13(20)25(4-2)17-14(12)16(23-24-17)22-8-9-5-10(18)6-11(19)15(9)26/h5-8,17,20-21,23-24,26H,3-4H2,1-2H3/b20-13?,22-8+. The first-order valence-electron chi connectivity index (χ1n) is 8.25. The molecule has 5 N–H and O–H groups in total. The van der Waals surface area contributed by atoms with Crippen LogP contribution in [0.15, 0.2) is 40.3 Å². The average Bonchev–Trinajstić information content (AvgIpc) is 3.01. The number of fused-ring (bicyclic) bond motifs is 1. The number of hydrazine groups is 1. The van der Waals surface area contributed by atoms with Crippen molar-refractivity contribution in [3.05, 3.63) is 50.9 Å². The highest BCUT2D eigenvalue weighted by molar-refractivity contribution is 6.36. The van der Waals surface area contributed by atoms with Crippen LogP contribution in [-0.2, 0) is 0 Å². The number of nitrogens with one attached hydrogen (secondary N) is 4. The van der Waals surface area contributed by atoms with Crippen molar-refractivity contribution in [3.8, 4) is 5.75 Å². The Hall–Kier alpha value is -2.22. The molecule has 2 heterocycles. The van der Waals surface area contributed by atoms with Gasteiger partial charge in [-0.25, -0.2) is 10.4 Å². The summed E-state index contributed by atoms with van der Waals surface area (Å²) in [6.07, 6.45) is 3.10. The smallest absolute Gasteiger partial charge is 0.149 e. The quantitative estimate of drug-likeness (QED) is 0.494. The van der Waals surface area contributed by atoms with Crippen molar-refractivity contribution in [3.63, 3.8) is 0 Å².